The number of benzene rings is 1. The summed E-state index contributed by atoms with van der Waals surface area (Å²) in [4.78, 5) is 49.6. The van der Waals surface area contributed by atoms with E-state index in [1.165, 1.54) is 10.8 Å². The average molecular weight is 398 g/mol. The average Bonchev–Trinajstić information content (AvgIpc) is 3.19. The summed E-state index contributed by atoms with van der Waals surface area (Å²) in [5.41, 5.74) is -0.791. The molecule has 3 rings (SSSR count). The molecule has 1 aromatic carbocycles. The molecule has 1 heterocycles. The van der Waals surface area contributed by atoms with Gasteiger partial charge in [0, 0.05) is 23.2 Å². The summed E-state index contributed by atoms with van der Waals surface area (Å²) >= 11 is 0. The summed E-state index contributed by atoms with van der Waals surface area (Å²) in [6.07, 6.45) is 4.88. The van der Waals surface area contributed by atoms with E-state index < -0.39 is 23.3 Å². The van der Waals surface area contributed by atoms with Crippen LogP contribution in [0.15, 0.2) is 58.3 Å². The van der Waals surface area contributed by atoms with E-state index in [-0.39, 0.29) is 36.3 Å². The van der Waals surface area contributed by atoms with E-state index >= 15 is 0 Å². The Balaban J connectivity index is 1.85. The van der Waals surface area contributed by atoms with Crippen molar-refractivity contribution in [1.29, 1.82) is 0 Å². The smallest absolute Gasteiger partial charge is 0.435 e. The van der Waals surface area contributed by atoms with E-state index in [4.69, 9.17) is 9.47 Å². The maximum atomic E-state index is 13.0. The van der Waals surface area contributed by atoms with E-state index in [1.807, 2.05) is 12.2 Å². The maximum Gasteiger partial charge on any atom is 0.508 e. The van der Waals surface area contributed by atoms with Crippen molar-refractivity contribution in [3.8, 4) is 0 Å². The highest BCUT2D eigenvalue weighted by molar-refractivity contribution is 5.95. The molecule has 1 aromatic heterocycles. The second kappa shape index (κ2) is 8.72. The Morgan fingerprint density at radius 1 is 1.10 bits per heavy atom. The lowest BCUT2D eigenvalue weighted by molar-refractivity contribution is 0.0513. The van der Waals surface area contributed by atoms with E-state index in [0.29, 0.717) is 11.0 Å². The summed E-state index contributed by atoms with van der Waals surface area (Å²) in [5, 5.41) is 0. The minimum Gasteiger partial charge on any atom is -0.435 e. The van der Waals surface area contributed by atoms with Gasteiger partial charge in [-0.3, -0.25) is 14.2 Å². The molecule has 0 bridgehead atoms. The van der Waals surface area contributed by atoms with Gasteiger partial charge in [-0.15, -0.1) is 0 Å². The molecule has 0 N–H and O–H groups in total. The fourth-order valence-electron chi connectivity index (χ4n) is 3.24. The molecule has 0 saturated carbocycles. The monoisotopic (exact) mass is 398 g/mol. The first-order valence-electron chi connectivity index (χ1n) is 9.34. The Morgan fingerprint density at radius 2 is 1.83 bits per heavy atom. The van der Waals surface area contributed by atoms with Crippen LogP contribution >= 0.6 is 0 Å². The molecular formula is C21H22N2O6. The standard InChI is InChI=1S/C21H22N2O6/c1-3-28-21(27)29-13-15-9-10-17(11-15)22-12-14(2)18(24)23(20(22)26)19(25)16-7-5-4-6-8-16/h4-10,12,15,17H,3,11,13H2,1-2H3/t15-,17+/m1/s1. The van der Waals surface area contributed by atoms with Crippen molar-refractivity contribution in [3.63, 3.8) is 0 Å². The number of carbonyl (C=O) groups excluding carboxylic acids is 2. The number of hydrogen-bond donors (Lipinski definition) is 0. The van der Waals surface area contributed by atoms with Crippen molar-refractivity contribution >= 4 is 12.1 Å². The molecule has 0 fully saturated rings. The van der Waals surface area contributed by atoms with Crippen LogP contribution < -0.4 is 11.2 Å². The number of ether oxygens (including phenoxy) is 2. The number of aromatic nitrogens is 2. The second-order valence-electron chi connectivity index (χ2n) is 6.76. The van der Waals surface area contributed by atoms with Gasteiger partial charge < -0.3 is 9.47 Å². The number of aryl methyl sites for hydroxylation is 1. The molecule has 2 atom stereocenters. The molecule has 8 nitrogen and oxygen atoms in total. The van der Waals surface area contributed by atoms with Gasteiger partial charge in [0.1, 0.15) is 6.61 Å². The highest BCUT2D eigenvalue weighted by Crippen LogP contribution is 2.27. The fraction of sp³-hybridized carbons (Fsp3) is 0.333. The molecule has 2 aromatic rings. The molecule has 1 aliphatic carbocycles. The number of carbonyl (C=O) groups is 2. The molecule has 1 aliphatic rings. The molecule has 0 saturated heterocycles. The normalized spacial score (nSPS) is 17.9. The third-order valence-corrected chi connectivity index (χ3v) is 4.69. The zero-order valence-corrected chi connectivity index (χ0v) is 16.2. The van der Waals surface area contributed by atoms with Crippen LogP contribution in [0.25, 0.3) is 0 Å². The quantitative estimate of drug-likeness (QED) is 0.566. The zero-order chi connectivity index (χ0) is 21.0. The van der Waals surface area contributed by atoms with Gasteiger partial charge in [0.2, 0.25) is 0 Å². The largest absolute Gasteiger partial charge is 0.508 e. The number of hydrogen-bond acceptors (Lipinski definition) is 6. The Kier molecular flexibility index (Phi) is 6.11. The van der Waals surface area contributed by atoms with Crippen LogP contribution in [-0.4, -0.2) is 34.4 Å². The van der Waals surface area contributed by atoms with Crippen molar-refractivity contribution < 1.29 is 19.1 Å². The minimum atomic E-state index is -0.737. The summed E-state index contributed by atoms with van der Waals surface area (Å²) in [6, 6.07) is 7.84. The fourth-order valence-corrected chi connectivity index (χ4v) is 3.24. The summed E-state index contributed by atoms with van der Waals surface area (Å²) < 4.78 is 11.8. The summed E-state index contributed by atoms with van der Waals surface area (Å²) in [5.74, 6) is -0.760. The molecule has 0 unspecified atom stereocenters. The van der Waals surface area contributed by atoms with Gasteiger partial charge in [-0.25, -0.2) is 9.59 Å². The van der Waals surface area contributed by atoms with Crippen LogP contribution in [0, 0.1) is 12.8 Å². The first kappa shape index (κ1) is 20.3. The molecular weight excluding hydrogens is 376 g/mol. The maximum absolute atomic E-state index is 13.0. The lowest BCUT2D eigenvalue weighted by Crippen LogP contribution is -2.45. The Hall–Kier alpha value is -3.42. The van der Waals surface area contributed by atoms with Crippen LogP contribution in [0.3, 0.4) is 0 Å². The number of allylic oxidation sites excluding steroid dienone is 1. The predicted molar refractivity (Wildman–Crippen MR) is 105 cm³/mol. The van der Waals surface area contributed by atoms with Gasteiger partial charge in [0.25, 0.3) is 11.5 Å². The molecule has 152 valence electrons. The first-order chi connectivity index (χ1) is 13.9. The Bertz CT molecular complexity index is 1050. The van der Waals surface area contributed by atoms with Gasteiger partial charge >= 0.3 is 11.8 Å². The molecule has 0 radical (unpaired) electrons. The van der Waals surface area contributed by atoms with Crippen molar-refractivity contribution in [2.75, 3.05) is 13.2 Å². The number of nitrogens with zero attached hydrogens (tertiary/aromatic N) is 2. The molecule has 8 heteroatoms. The lowest BCUT2D eigenvalue weighted by atomic mass is 10.1. The van der Waals surface area contributed by atoms with Crippen molar-refractivity contribution in [2.24, 2.45) is 5.92 Å². The van der Waals surface area contributed by atoms with E-state index in [2.05, 4.69) is 0 Å². The van der Waals surface area contributed by atoms with Gasteiger partial charge in [0.15, 0.2) is 0 Å². The zero-order valence-electron chi connectivity index (χ0n) is 16.2. The van der Waals surface area contributed by atoms with Crippen molar-refractivity contribution in [1.82, 2.24) is 9.13 Å². The highest BCUT2D eigenvalue weighted by Gasteiger charge is 2.25. The molecule has 0 spiro atoms. The van der Waals surface area contributed by atoms with Crippen molar-refractivity contribution in [2.45, 2.75) is 26.3 Å². The van der Waals surface area contributed by atoms with Crippen LogP contribution in [0.4, 0.5) is 4.79 Å². The summed E-state index contributed by atoms with van der Waals surface area (Å²) in [7, 11) is 0. The van der Waals surface area contributed by atoms with Gasteiger partial charge in [-0.1, -0.05) is 30.4 Å². The van der Waals surface area contributed by atoms with Crippen molar-refractivity contribution in [3.05, 3.63) is 80.6 Å². The minimum absolute atomic E-state index is 0.0955. The third kappa shape index (κ3) is 4.37. The van der Waals surface area contributed by atoms with Crippen LogP contribution in [0.1, 0.15) is 35.3 Å². The van der Waals surface area contributed by atoms with Gasteiger partial charge in [-0.05, 0) is 32.4 Å². The molecule has 0 aliphatic heterocycles. The lowest BCUT2D eigenvalue weighted by Gasteiger charge is -2.17. The highest BCUT2D eigenvalue weighted by atomic mass is 16.7. The Labute approximate surface area is 167 Å². The Morgan fingerprint density at radius 3 is 2.52 bits per heavy atom. The molecule has 29 heavy (non-hydrogen) atoms. The van der Waals surface area contributed by atoms with Crippen LogP contribution in [0.2, 0.25) is 0 Å². The van der Waals surface area contributed by atoms with Gasteiger partial charge in [0.05, 0.1) is 12.6 Å². The van der Waals surface area contributed by atoms with Crippen LogP contribution in [0.5, 0.6) is 0 Å². The summed E-state index contributed by atoms with van der Waals surface area (Å²) in [6.45, 7) is 3.61. The van der Waals surface area contributed by atoms with Crippen LogP contribution in [-0.2, 0) is 9.47 Å². The first-order valence-corrected chi connectivity index (χ1v) is 9.34. The van der Waals surface area contributed by atoms with E-state index in [0.717, 1.165) is 0 Å². The topological polar surface area (TPSA) is 96.6 Å². The third-order valence-electron chi connectivity index (χ3n) is 4.69. The second-order valence-corrected chi connectivity index (χ2v) is 6.76. The number of rotatable bonds is 5. The van der Waals surface area contributed by atoms with Gasteiger partial charge in [-0.2, -0.15) is 4.57 Å². The molecule has 0 amide bonds. The predicted octanol–water partition coefficient (Wildman–Crippen LogP) is 2.30. The SMILES string of the molecule is CCOC(=O)OC[C@@H]1C=C[C@H](n2cc(C)c(=O)n(C(=O)c3ccccc3)c2=O)C1. The van der Waals surface area contributed by atoms with E-state index in [9.17, 15) is 19.2 Å². The van der Waals surface area contributed by atoms with E-state index in [1.54, 1.807) is 44.2 Å².